The molecule has 0 saturated heterocycles. The Bertz CT molecular complexity index is 1210. The van der Waals surface area contributed by atoms with Gasteiger partial charge in [0.15, 0.2) is 0 Å². The lowest BCUT2D eigenvalue weighted by Crippen LogP contribution is -2.21. The Kier molecular flexibility index (Phi) is 8.50. The number of aromatic nitrogens is 3. The van der Waals surface area contributed by atoms with Gasteiger partial charge in [0.1, 0.15) is 23.8 Å². The van der Waals surface area contributed by atoms with E-state index >= 15 is 0 Å². The van der Waals surface area contributed by atoms with E-state index < -0.39 is 22.2 Å². The number of hydrogen-bond donors (Lipinski definition) is 4. The molecule has 33 heavy (non-hydrogen) atoms. The van der Waals surface area contributed by atoms with E-state index in [0.29, 0.717) is 28.2 Å². The van der Waals surface area contributed by atoms with E-state index in [1.807, 2.05) is 0 Å². The lowest BCUT2D eigenvalue weighted by atomic mass is 10.3. The van der Waals surface area contributed by atoms with E-state index in [1.165, 1.54) is 31.7 Å². The maximum absolute atomic E-state index is 11.9. The quantitative estimate of drug-likeness (QED) is 0.395. The number of benzene rings is 1. The molecule has 3 aromatic rings. The predicted octanol–water partition coefficient (Wildman–Crippen LogP) is 3.55. The molecule has 0 saturated carbocycles. The molecule has 4 N–H and O–H groups in total. The number of nitrogens with one attached hydrogen (secondary N) is 3. The van der Waals surface area contributed by atoms with Crippen molar-refractivity contribution in [3.05, 3.63) is 60.0 Å². The summed E-state index contributed by atoms with van der Waals surface area (Å²) < 4.78 is 57.8. The molecule has 0 aliphatic rings. The third kappa shape index (κ3) is 8.17. The highest BCUT2D eigenvalue weighted by atomic mass is 35.5. The van der Waals surface area contributed by atoms with Crippen LogP contribution in [0.25, 0.3) is 0 Å². The van der Waals surface area contributed by atoms with Gasteiger partial charge in [-0.15, -0.1) is 0 Å². The molecule has 0 unspecified atom stereocenters. The SMILES string of the molecule is CNS(=O)(=O)c1cccc(Nc2cc(Nc3ccc(Cl)cn3)ncn2)c1.O=C(O)C(F)(F)F. The maximum atomic E-state index is 11.9. The van der Waals surface area contributed by atoms with Crippen molar-refractivity contribution < 1.29 is 31.5 Å². The highest BCUT2D eigenvalue weighted by Gasteiger charge is 2.38. The zero-order valence-corrected chi connectivity index (χ0v) is 18.2. The summed E-state index contributed by atoms with van der Waals surface area (Å²) in [5.74, 6) is -1.15. The van der Waals surface area contributed by atoms with Crippen LogP contribution in [0.3, 0.4) is 0 Å². The first kappa shape index (κ1) is 25.8. The lowest BCUT2D eigenvalue weighted by Gasteiger charge is -2.09. The first-order valence-electron chi connectivity index (χ1n) is 8.72. The molecule has 2 heterocycles. The monoisotopic (exact) mass is 504 g/mol. The minimum Gasteiger partial charge on any atom is -0.475 e. The number of hydrogen-bond acceptors (Lipinski definition) is 8. The minimum absolute atomic E-state index is 0.155. The second-order valence-corrected chi connectivity index (χ2v) is 8.26. The van der Waals surface area contributed by atoms with E-state index in [-0.39, 0.29) is 4.90 Å². The number of carboxylic acid groups (broad SMARTS) is 1. The molecule has 0 aliphatic heterocycles. The Morgan fingerprint density at radius 1 is 1.00 bits per heavy atom. The summed E-state index contributed by atoms with van der Waals surface area (Å²) in [4.78, 5) is 21.5. The predicted molar refractivity (Wildman–Crippen MR) is 114 cm³/mol. The summed E-state index contributed by atoms with van der Waals surface area (Å²) in [7, 11) is -2.16. The van der Waals surface area contributed by atoms with Crippen molar-refractivity contribution in [2.45, 2.75) is 11.1 Å². The second kappa shape index (κ2) is 10.9. The zero-order chi connectivity index (χ0) is 24.6. The largest absolute Gasteiger partial charge is 0.490 e. The maximum Gasteiger partial charge on any atom is 0.490 e. The molecule has 0 radical (unpaired) electrons. The van der Waals surface area contributed by atoms with Gasteiger partial charge in [0, 0.05) is 18.0 Å². The van der Waals surface area contributed by atoms with Gasteiger partial charge >= 0.3 is 12.1 Å². The van der Waals surface area contributed by atoms with Crippen LogP contribution in [0.4, 0.5) is 36.3 Å². The number of pyridine rings is 1. The number of carbonyl (C=O) groups is 1. The van der Waals surface area contributed by atoms with Crippen LogP contribution in [-0.2, 0) is 14.8 Å². The van der Waals surface area contributed by atoms with Crippen LogP contribution < -0.4 is 15.4 Å². The summed E-state index contributed by atoms with van der Waals surface area (Å²) in [6, 6.07) is 11.5. The van der Waals surface area contributed by atoms with Crippen molar-refractivity contribution in [1.82, 2.24) is 19.7 Å². The second-order valence-electron chi connectivity index (χ2n) is 5.94. The number of rotatable bonds is 6. The van der Waals surface area contributed by atoms with Crippen molar-refractivity contribution in [3.63, 3.8) is 0 Å². The third-order valence-electron chi connectivity index (χ3n) is 3.58. The van der Waals surface area contributed by atoms with Gasteiger partial charge in [-0.3, -0.25) is 0 Å². The van der Waals surface area contributed by atoms with Crippen molar-refractivity contribution in [3.8, 4) is 0 Å². The van der Waals surface area contributed by atoms with Crippen LogP contribution in [0, 0.1) is 0 Å². The van der Waals surface area contributed by atoms with Gasteiger partial charge in [-0.25, -0.2) is 32.9 Å². The summed E-state index contributed by atoms with van der Waals surface area (Å²) in [6.45, 7) is 0. The molecule has 0 atom stereocenters. The molecule has 0 amide bonds. The van der Waals surface area contributed by atoms with Gasteiger partial charge in [-0.1, -0.05) is 17.7 Å². The molecular weight excluding hydrogens is 489 g/mol. The van der Waals surface area contributed by atoms with Crippen molar-refractivity contribution >= 4 is 50.7 Å². The minimum atomic E-state index is -5.08. The zero-order valence-electron chi connectivity index (χ0n) is 16.6. The normalized spacial score (nSPS) is 11.2. The molecule has 3 rings (SSSR count). The average molecular weight is 505 g/mol. The topological polar surface area (TPSA) is 146 Å². The van der Waals surface area contributed by atoms with Crippen LogP contribution in [0.1, 0.15) is 0 Å². The van der Waals surface area contributed by atoms with Gasteiger partial charge in [-0.2, -0.15) is 13.2 Å². The fourth-order valence-corrected chi connectivity index (χ4v) is 2.97. The number of nitrogens with zero attached hydrogens (tertiary/aromatic N) is 3. The highest BCUT2D eigenvalue weighted by Crippen LogP contribution is 2.21. The van der Waals surface area contributed by atoms with Gasteiger partial charge in [0.2, 0.25) is 10.0 Å². The van der Waals surface area contributed by atoms with Gasteiger partial charge in [0.25, 0.3) is 0 Å². The summed E-state index contributed by atoms with van der Waals surface area (Å²) in [5, 5.41) is 13.8. The number of anilines is 4. The molecule has 0 aliphatic carbocycles. The van der Waals surface area contributed by atoms with E-state index in [2.05, 4.69) is 30.3 Å². The Morgan fingerprint density at radius 3 is 2.18 bits per heavy atom. The number of aliphatic carboxylic acids is 1. The van der Waals surface area contributed by atoms with Gasteiger partial charge in [-0.05, 0) is 37.4 Å². The van der Waals surface area contributed by atoms with E-state index in [9.17, 15) is 21.6 Å². The van der Waals surface area contributed by atoms with Crippen LogP contribution in [0.2, 0.25) is 5.02 Å². The summed E-state index contributed by atoms with van der Waals surface area (Å²) >= 11 is 5.81. The Morgan fingerprint density at radius 2 is 1.64 bits per heavy atom. The van der Waals surface area contributed by atoms with Crippen molar-refractivity contribution in [2.24, 2.45) is 0 Å². The molecule has 2 aromatic heterocycles. The Balaban J connectivity index is 0.000000479. The molecule has 0 spiro atoms. The fourth-order valence-electron chi connectivity index (χ4n) is 2.08. The van der Waals surface area contributed by atoms with E-state index in [4.69, 9.17) is 21.5 Å². The Labute approximate surface area is 190 Å². The van der Waals surface area contributed by atoms with Crippen LogP contribution >= 0.6 is 11.6 Å². The van der Waals surface area contributed by atoms with Crippen LogP contribution in [-0.4, -0.2) is 47.7 Å². The van der Waals surface area contributed by atoms with Gasteiger partial charge in [0.05, 0.1) is 9.92 Å². The first-order valence-corrected chi connectivity index (χ1v) is 10.6. The average Bonchev–Trinajstić information content (AvgIpc) is 2.75. The lowest BCUT2D eigenvalue weighted by molar-refractivity contribution is -0.192. The van der Waals surface area contributed by atoms with Crippen molar-refractivity contribution in [1.29, 1.82) is 0 Å². The van der Waals surface area contributed by atoms with Crippen LogP contribution in [0.5, 0.6) is 0 Å². The standard InChI is InChI=1S/C16H15ClN6O2S.C2HF3O2/c1-18-26(24,25)13-4-2-3-12(7-13)22-15-8-16(21-10-20-15)23-14-6-5-11(17)9-19-14;3-2(4,5)1(6)7/h2-10,18H,1H3,(H2,19,20,21,22,23);(H,6,7). The van der Waals surface area contributed by atoms with E-state index in [1.54, 1.807) is 30.3 Å². The van der Waals surface area contributed by atoms with Crippen LogP contribution in [0.15, 0.2) is 59.9 Å². The molecule has 1 aromatic carbocycles. The first-order chi connectivity index (χ1) is 15.4. The van der Waals surface area contributed by atoms with E-state index in [0.717, 1.165) is 0 Å². The number of carboxylic acids is 1. The molecule has 10 nitrogen and oxygen atoms in total. The number of sulfonamides is 1. The third-order valence-corrected chi connectivity index (χ3v) is 5.21. The molecular formula is C18H16ClF3N6O4S. The number of halogens is 4. The molecule has 0 bridgehead atoms. The summed E-state index contributed by atoms with van der Waals surface area (Å²) in [6.07, 6.45) is -2.17. The Hall–Kier alpha value is -3.49. The smallest absolute Gasteiger partial charge is 0.475 e. The summed E-state index contributed by atoms with van der Waals surface area (Å²) in [5.41, 5.74) is 0.579. The fraction of sp³-hybridized carbons (Fsp3) is 0.111. The molecule has 0 fully saturated rings. The van der Waals surface area contributed by atoms with Crippen molar-refractivity contribution in [2.75, 3.05) is 17.7 Å². The number of alkyl halides is 3. The molecule has 176 valence electrons. The molecule has 15 heteroatoms. The van der Waals surface area contributed by atoms with Gasteiger partial charge < -0.3 is 15.7 Å². The highest BCUT2D eigenvalue weighted by molar-refractivity contribution is 7.89.